The Kier molecular flexibility index (Phi) is 5.27. The minimum Gasteiger partial charge on any atom is -0.480 e. The van der Waals surface area contributed by atoms with Crippen LogP contribution in [0.25, 0.3) is 0 Å². The standard InChI is InChI=1S/C19H29N3O4/c1-18(2,3)26-17(23)21-15-11-14(12-20-16(15)24-4)22-8-5-19(13-22)6-9-25-10-7-19/h11-12H,5-10,13H2,1-4H3,(H,21,23). The van der Waals surface area contributed by atoms with Crippen molar-refractivity contribution in [1.29, 1.82) is 0 Å². The Morgan fingerprint density at radius 3 is 2.69 bits per heavy atom. The summed E-state index contributed by atoms with van der Waals surface area (Å²) >= 11 is 0. The second kappa shape index (κ2) is 7.31. The number of carbonyl (C=O) groups excluding carboxylic acids is 1. The van der Waals surface area contributed by atoms with E-state index in [0.717, 1.165) is 51.3 Å². The van der Waals surface area contributed by atoms with Crippen LogP contribution in [0.15, 0.2) is 12.3 Å². The van der Waals surface area contributed by atoms with Gasteiger partial charge in [-0.2, -0.15) is 0 Å². The number of anilines is 2. The average molecular weight is 363 g/mol. The first-order valence-corrected chi connectivity index (χ1v) is 9.17. The van der Waals surface area contributed by atoms with Crippen molar-refractivity contribution >= 4 is 17.5 Å². The molecule has 2 saturated heterocycles. The van der Waals surface area contributed by atoms with Crippen molar-refractivity contribution in [3.8, 4) is 5.88 Å². The Hall–Kier alpha value is -2.02. The number of ether oxygens (including phenoxy) is 3. The normalized spacial score (nSPS) is 19.5. The largest absolute Gasteiger partial charge is 0.480 e. The maximum absolute atomic E-state index is 12.1. The third-order valence-electron chi connectivity index (χ3n) is 5.02. The van der Waals surface area contributed by atoms with Crippen LogP contribution in [0.5, 0.6) is 5.88 Å². The lowest BCUT2D eigenvalue weighted by molar-refractivity contribution is 0.0254. The molecule has 3 heterocycles. The lowest BCUT2D eigenvalue weighted by Crippen LogP contribution is -2.33. The van der Waals surface area contributed by atoms with Crippen molar-refractivity contribution < 1.29 is 19.0 Å². The van der Waals surface area contributed by atoms with Crippen LogP contribution in [0.2, 0.25) is 0 Å². The van der Waals surface area contributed by atoms with Crippen molar-refractivity contribution in [3.05, 3.63) is 12.3 Å². The zero-order chi connectivity index (χ0) is 18.8. The van der Waals surface area contributed by atoms with Crippen LogP contribution in [0.4, 0.5) is 16.2 Å². The molecule has 2 aliphatic rings. The molecule has 1 spiro atoms. The van der Waals surface area contributed by atoms with Crippen molar-refractivity contribution in [1.82, 2.24) is 4.98 Å². The Bertz CT molecular complexity index is 651. The quantitative estimate of drug-likeness (QED) is 0.887. The Balaban J connectivity index is 1.74. The molecular weight excluding hydrogens is 334 g/mol. The van der Waals surface area contributed by atoms with E-state index in [2.05, 4.69) is 15.2 Å². The van der Waals surface area contributed by atoms with E-state index in [1.165, 1.54) is 7.11 Å². The summed E-state index contributed by atoms with van der Waals surface area (Å²) in [6.07, 6.45) is 4.66. The van der Waals surface area contributed by atoms with Gasteiger partial charge in [-0.05, 0) is 51.5 Å². The fourth-order valence-electron chi connectivity index (χ4n) is 3.65. The molecule has 0 aromatic carbocycles. The fourth-order valence-corrected chi connectivity index (χ4v) is 3.65. The fraction of sp³-hybridized carbons (Fsp3) is 0.684. The van der Waals surface area contributed by atoms with Crippen molar-refractivity contribution in [2.24, 2.45) is 5.41 Å². The van der Waals surface area contributed by atoms with Crippen molar-refractivity contribution in [2.75, 3.05) is 43.6 Å². The van der Waals surface area contributed by atoms with Gasteiger partial charge in [-0.3, -0.25) is 5.32 Å². The van der Waals surface area contributed by atoms with Crippen molar-refractivity contribution in [2.45, 2.75) is 45.6 Å². The van der Waals surface area contributed by atoms with Crippen LogP contribution in [0.1, 0.15) is 40.0 Å². The van der Waals surface area contributed by atoms with Gasteiger partial charge in [0.25, 0.3) is 0 Å². The van der Waals surface area contributed by atoms with Crippen LogP contribution in [0.3, 0.4) is 0 Å². The van der Waals surface area contributed by atoms with E-state index in [-0.39, 0.29) is 0 Å². The molecule has 2 aliphatic heterocycles. The molecule has 7 heteroatoms. The third kappa shape index (κ3) is 4.38. The van der Waals surface area contributed by atoms with Crippen LogP contribution in [-0.4, -0.2) is 50.1 Å². The van der Waals surface area contributed by atoms with E-state index in [1.807, 2.05) is 26.8 Å². The first kappa shape index (κ1) is 18.8. The SMILES string of the molecule is COc1ncc(N2CCC3(CCOCC3)C2)cc1NC(=O)OC(C)(C)C. The van der Waals surface area contributed by atoms with Gasteiger partial charge in [-0.25, -0.2) is 9.78 Å². The highest BCUT2D eigenvalue weighted by atomic mass is 16.6. The first-order valence-electron chi connectivity index (χ1n) is 9.17. The third-order valence-corrected chi connectivity index (χ3v) is 5.02. The van der Waals surface area contributed by atoms with Gasteiger partial charge >= 0.3 is 6.09 Å². The van der Waals surface area contributed by atoms with E-state index in [9.17, 15) is 4.79 Å². The molecule has 0 saturated carbocycles. The second-order valence-corrected chi connectivity index (χ2v) is 8.16. The molecular formula is C19H29N3O4. The Morgan fingerprint density at radius 1 is 1.31 bits per heavy atom. The molecule has 1 N–H and O–H groups in total. The van der Waals surface area contributed by atoms with Gasteiger partial charge in [0.05, 0.1) is 19.0 Å². The topological polar surface area (TPSA) is 72.9 Å². The second-order valence-electron chi connectivity index (χ2n) is 8.16. The maximum atomic E-state index is 12.1. The summed E-state index contributed by atoms with van der Waals surface area (Å²) in [5.41, 5.74) is 1.29. The summed E-state index contributed by atoms with van der Waals surface area (Å²) in [5.74, 6) is 0.375. The van der Waals surface area contributed by atoms with Crippen LogP contribution >= 0.6 is 0 Å². The van der Waals surface area contributed by atoms with Gasteiger partial charge < -0.3 is 19.1 Å². The maximum Gasteiger partial charge on any atom is 0.412 e. The number of nitrogens with zero attached hydrogens (tertiary/aromatic N) is 2. The number of hydrogen-bond donors (Lipinski definition) is 1. The minimum absolute atomic E-state index is 0.344. The van der Waals surface area contributed by atoms with E-state index in [0.29, 0.717) is 17.0 Å². The monoisotopic (exact) mass is 363 g/mol. The first-order chi connectivity index (χ1) is 12.3. The minimum atomic E-state index is -0.563. The number of hydrogen-bond acceptors (Lipinski definition) is 6. The molecule has 1 aromatic rings. The van der Waals surface area contributed by atoms with Crippen molar-refractivity contribution in [3.63, 3.8) is 0 Å². The molecule has 0 unspecified atom stereocenters. The average Bonchev–Trinajstić information content (AvgIpc) is 2.97. The summed E-state index contributed by atoms with van der Waals surface area (Å²) in [6, 6.07) is 1.91. The van der Waals surface area contributed by atoms with Gasteiger partial charge in [-0.15, -0.1) is 0 Å². The number of pyridine rings is 1. The predicted octanol–water partition coefficient (Wildman–Crippen LogP) is 3.44. The number of aromatic nitrogens is 1. The molecule has 7 nitrogen and oxygen atoms in total. The van der Waals surface area contributed by atoms with Gasteiger partial charge in [-0.1, -0.05) is 0 Å². The van der Waals surface area contributed by atoms with E-state index in [1.54, 1.807) is 6.20 Å². The lowest BCUT2D eigenvalue weighted by atomic mass is 9.80. The molecule has 0 aliphatic carbocycles. The van der Waals surface area contributed by atoms with Gasteiger partial charge in [0.15, 0.2) is 0 Å². The van der Waals surface area contributed by atoms with E-state index in [4.69, 9.17) is 14.2 Å². The predicted molar refractivity (Wildman–Crippen MR) is 100.0 cm³/mol. The van der Waals surface area contributed by atoms with Gasteiger partial charge in [0, 0.05) is 26.3 Å². The summed E-state index contributed by atoms with van der Waals surface area (Å²) in [7, 11) is 1.54. The zero-order valence-corrected chi connectivity index (χ0v) is 16.1. The molecule has 0 radical (unpaired) electrons. The zero-order valence-electron chi connectivity index (χ0n) is 16.1. The van der Waals surface area contributed by atoms with Crippen LogP contribution in [-0.2, 0) is 9.47 Å². The number of nitrogens with one attached hydrogen (secondary N) is 1. The number of amides is 1. The highest BCUT2D eigenvalue weighted by Gasteiger charge is 2.39. The summed E-state index contributed by atoms with van der Waals surface area (Å²) in [5, 5.41) is 2.76. The molecule has 0 bridgehead atoms. The molecule has 1 aromatic heterocycles. The summed E-state index contributed by atoms with van der Waals surface area (Å²) in [6.45, 7) is 9.17. The summed E-state index contributed by atoms with van der Waals surface area (Å²) < 4.78 is 16.1. The highest BCUT2D eigenvalue weighted by molar-refractivity contribution is 5.87. The Labute approximate surface area is 155 Å². The number of carbonyl (C=O) groups is 1. The van der Waals surface area contributed by atoms with E-state index >= 15 is 0 Å². The van der Waals surface area contributed by atoms with Gasteiger partial charge in [0.2, 0.25) is 5.88 Å². The molecule has 0 atom stereocenters. The molecule has 2 fully saturated rings. The molecule has 3 rings (SSSR count). The van der Waals surface area contributed by atoms with Gasteiger partial charge in [0.1, 0.15) is 11.3 Å². The smallest absolute Gasteiger partial charge is 0.412 e. The van der Waals surface area contributed by atoms with E-state index < -0.39 is 11.7 Å². The lowest BCUT2D eigenvalue weighted by Gasteiger charge is -2.33. The highest BCUT2D eigenvalue weighted by Crippen LogP contribution is 2.42. The number of methoxy groups -OCH3 is 1. The summed E-state index contributed by atoms with van der Waals surface area (Å²) in [4.78, 5) is 18.8. The molecule has 1 amide bonds. The van der Waals surface area contributed by atoms with Crippen LogP contribution < -0.4 is 15.0 Å². The Morgan fingerprint density at radius 2 is 2.04 bits per heavy atom. The number of rotatable bonds is 3. The molecule has 144 valence electrons. The van der Waals surface area contributed by atoms with Crippen LogP contribution in [0, 0.1) is 5.41 Å². The molecule has 26 heavy (non-hydrogen) atoms.